The molecule has 0 aliphatic heterocycles. The molecule has 1 atom stereocenters. The van der Waals surface area contributed by atoms with Crippen LogP contribution < -0.4 is 4.72 Å². The van der Waals surface area contributed by atoms with E-state index in [0.717, 1.165) is 24.3 Å². The van der Waals surface area contributed by atoms with E-state index in [9.17, 15) is 17.2 Å². The van der Waals surface area contributed by atoms with Gasteiger partial charge in [0.25, 0.3) is 0 Å². The summed E-state index contributed by atoms with van der Waals surface area (Å²) < 4.78 is 56.7. The maximum atomic E-state index is 14.3. The van der Waals surface area contributed by atoms with E-state index in [1.54, 1.807) is 23.9 Å². The molecule has 0 spiro atoms. The van der Waals surface area contributed by atoms with Gasteiger partial charge in [0.05, 0.1) is 4.90 Å². The maximum absolute atomic E-state index is 14.3. The van der Waals surface area contributed by atoms with Crippen LogP contribution in [0.2, 0.25) is 0 Å². The third-order valence-corrected chi connectivity index (χ3v) is 5.17. The number of hydrogen-bond acceptors (Lipinski definition) is 3. The van der Waals surface area contributed by atoms with Gasteiger partial charge in [-0.3, -0.25) is 0 Å². The minimum absolute atomic E-state index is 0.121. The van der Waals surface area contributed by atoms with E-state index >= 15 is 0 Å². The number of hydrogen-bond donors (Lipinski definition) is 1. The molecule has 1 unspecified atom stereocenters. The Morgan fingerprint density at radius 2 is 1.76 bits per heavy atom. The van der Waals surface area contributed by atoms with Crippen LogP contribution in [0.1, 0.15) is 17.4 Å². The van der Waals surface area contributed by atoms with Gasteiger partial charge in [-0.05, 0) is 30.3 Å². The zero-order chi connectivity index (χ0) is 18.0. The number of imidazole rings is 1. The van der Waals surface area contributed by atoms with Crippen molar-refractivity contribution in [1.29, 1.82) is 0 Å². The number of aryl methyl sites for hydroxylation is 1. The Labute approximate surface area is 144 Å². The molecule has 1 N–H and O–H groups in total. The van der Waals surface area contributed by atoms with Gasteiger partial charge in [0.1, 0.15) is 23.5 Å². The first kappa shape index (κ1) is 17.2. The molecule has 2 aromatic carbocycles. The molecule has 1 aromatic heterocycles. The van der Waals surface area contributed by atoms with E-state index in [1.165, 1.54) is 24.4 Å². The number of nitrogens with zero attached hydrogens (tertiary/aromatic N) is 2. The molecular formula is C17H15F2N3O2S. The number of benzene rings is 2. The summed E-state index contributed by atoms with van der Waals surface area (Å²) in [7, 11) is -2.34. The second kappa shape index (κ2) is 6.73. The van der Waals surface area contributed by atoms with Gasteiger partial charge in [-0.15, -0.1) is 0 Å². The Morgan fingerprint density at radius 3 is 2.36 bits per heavy atom. The molecule has 25 heavy (non-hydrogen) atoms. The van der Waals surface area contributed by atoms with Gasteiger partial charge in [-0.25, -0.2) is 22.2 Å². The summed E-state index contributed by atoms with van der Waals surface area (Å²) in [6.45, 7) is 0. The highest BCUT2D eigenvalue weighted by Gasteiger charge is 2.27. The van der Waals surface area contributed by atoms with Crippen LogP contribution in [-0.4, -0.2) is 18.0 Å². The third-order valence-electron chi connectivity index (χ3n) is 3.73. The highest BCUT2D eigenvalue weighted by molar-refractivity contribution is 7.89. The molecule has 0 bridgehead atoms. The van der Waals surface area contributed by atoms with Gasteiger partial charge in [-0.2, -0.15) is 4.72 Å². The number of rotatable bonds is 5. The van der Waals surface area contributed by atoms with Crippen molar-refractivity contribution in [2.24, 2.45) is 7.05 Å². The van der Waals surface area contributed by atoms with Crippen LogP contribution in [0.5, 0.6) is 0 Å². The van der Waals surface area contributed by atoms with E-state index < -0.39 is 27.7 Å². The fourth-order valence-corrected chi connectivity index (χ4v) is 3.63. The van der Waals surface area contributed by atoms with Crippen LogP contribution >= 0.6 is 0 Å². The summed E-state index contributed by atoms with van der Waals surface area (Å²) in [5, 5.41) is 0. The van der Waals surface area contributed by atoms with Crippen LogP contribution in [0.15, 0.2) is 65.8 Å². The van der Waals surface area contributed by atoms with Crippen LogP contribution in [-0.2, 0) is 17.1 Å². The lowest BCUT2D eigenvalue weighted by Gasteiger charge is -2.19. The summed E-state index contributed by atoms with van der Waals surface area (Å²) in [6, 6.07) is 9.23. The fourth-order valence-electron chi connectivity index (χ4n) is 2.46. The largest absolute Gasteiger partial charge is 0.336 e. The van der Waals surface area contributed by atoms with Gasteiger partial charge in [-0.1, -0.05) is 18.2 Å². The predicted octanol–water partition coefficient (Wildman–Crippen LogP) is 2.77. The van der Waals surface area contributed by atoms with E-state index in [1.807, 2.05) is 0 Å². The number of nitrogens with one attached hydrogen (secondary N) is 1. The first-order valence-electron chi connectivity index (χ1n) is 7.38. The first-order chi connectivity index (χ1) is 11.9. The Bertz CT molecular complexity index is 985. The lowest BCUT2D eigenvalue weighted by molar-refractivity contribution is 0.544. The van der Waals surface area contributed by atoms with Gasteiger partial charge in [0, 0.05) is 25.0 Å². The van der Waals surface area contributed by atoms with E-state index in [4.69, 9.17) is 0 Å². The van der Waals surface area contributed by atoms with Crippen LogP contribution in [0, 0.1) is 11.6 Å². The van der Waals surface area contributed by atoms with Crippen molar-refractivity contribution in [3.63, 3.8) is 0 Å². The molecule has 0 fully saturated rings. The molecule has 3 rings (SSSR count). The average molecular weight is 363 g/mol. The van der Waals surface area contributed by atoms with Crippen LogP contribution in [0.3, 0.4) is 0 Å². The highest BCUT2D eigenvalue weighted by atomic mass is 32.2. The average Bonchev–Trinajstić information content (AvgIpc) is 3.00. The Kier molecular flexibility index (Phi) is 4.65. The first-order valence-corrected chi connectivity index (χ1v) is 8.86. The molecule has 5 nitrogen and oxygen atoms in total. The van der Waals surface area contributed by atoms with Crippen molar-refractivity contribution in [2.75, 3.05) is 0 Å². The van der Waals surface area contributed by atoms with Gasteiger partial charge >= 0.3 is 0 Å². The second-order valence-corrected chi connectivity index (χ2v) is 7.14. The molecule has 0 radical (unpaired) electrons. The van der Waals surface area contributed by atoms with Crippen molar-refractivity contribution < 1.29 is 17.2 Å². The lowest BCUT2D eigenvalue weighted by Crippen LogP contribution is -2.31. The smallest absolute Gasteiger partial charge is 0.241 e. The summed E-state index contributed by atoms with van der Waals surface area (Å²) in [4.78, 5) is 4.01. The molecule has 0 saturated heterocycles. The topological polar surface area (TPSA) is 64.0 Å². The Balaban J connectivity index is 2.06. The number of halogens is 2. The molecule has 3 aromatic rings. The molecule has 0 aliphatic rings. The zero-order valence-corrected chi connectivity index (χ0v) is 14.0. The molecule has 0 aliphatic carbocycles. The highest BCUT2D eigenvalue weighted by Crippen LogP contribution is 2.25. The zero-order valence-electron chi connectivity index (χ0n) is 13.2. The van der Waals surface area contributed by atoms with E-state index in [0.29, 0.717) is 5.82 Å². The SMILES string of the molecule is Cn1ccnc1C(NS(=O)(=O)c1ccc(F)cc1)c1ccccc1F. The van der Waals surface area contributed by atoms with E-state index in [-0.39, 0.29) is 10.5 Å². The number of sulfonamides is 1. The monoisotopic (exact) mass is 363 g/mol. The minimum atomic E-state index is -4.02. The molecule has 8 heteroatoms. The van der Waals surface area contributed by atoms with Crippen molar-refractivity contribution in [1.82, 2.24) is 14.3 Å². The van der Waals surface area contributed by atoms with Gasteiger partial charge in [0.2, 0.25) is 10.0 Å². The Morgan fingerprint density at radius 1 is 1.08 bits per heavy atom. The lowest BCUT2D eigenvalue weighted by atomic mass is 10.1. The normalized spacial score (nSPS) is 12.9. The summed E-state index contributed by atoms with van der Waals surface area (Å²) in [6.07, 6.45) is 3.13. The van der Waals surface area contributed by atoms with Crippen molar-refractivity contribution in [2.45, 2.75) is 10.9 Å². The fraction of sp³-hybridized carbons (Fsp3) is 0.118. The molecular weight excluding hydrogens is 348 g/mol. The second-order valence-electron chi connectivity index (χ2n) is 5.43. The summed E-state index contributed by atoms with van der Waals surface area (Å²) >= 11 is 0. The molecule has 0 saturated carbocycles. The summed E-state index contributed by atoms with van der Waals surface area (Å²) in [5.41, 5.74) is 0.141. The molecule has 1 heterocycles. The third kappa shape index (κ3) is 3.59. The summed E-state index contributed by atoms with van der Waals surface area (Å²) in [5.74, 6) is -0.776. The standard InChI is InChI=1S/C17H15F2N3O2S/c1-22-11-10-20-17(22)16(14-4-2-3-5-15(14)19)21-25(23,24)13-8-6-12(18)7-9-13/h2-11,16,21H,1H3. The Hall–Kier alpha value is -2.58. The molecule has 0 amide bonds. The van der Waals surface area contributed by atoms with E-state index in [2.05, 4.69) is 9.71 Å². The predicted molar refractivity (Wildman–Crippen MR) is 88.2 cm³/mol. The van der Waals surface area contributed by atoms with Gasteiger partial charge < -0.3 is 4.57 Å². The minimum Gasteiger partial charge on any atom is -0.336 e. The maximum Gasteiger partial charge on any atom is 0.241 e. The van der Waals surface area contributed by atoms with Crippen molar-refractivity contribution in [3.8, 4) is 0 Å². The van der Waals surface area contributed by atoms with Crippen LogP contribution in [0.4, 0.5) is 8.78 Å². The van der Waals surface area contributed by atoms with Crippen molar-refractivity contribution >= 4 is 10.0 Å². The van der Waals surface area contributed by atoms with Gasteiger partial charge in [0.15, 0.2) is 0 Å². The quantitative estimate of drug-likeness (QED) is 0.758. The molecule has 130 valence electrons. The van der Waals surface area contributed by atoms with Crippen LogP contribution in [0.25, 0.3) is 0 Å². The van der Waals surface area contributed by atoms with Crippen molar-refractivity contribution in [3.05, 3.63) is 83.9 Å². The number of aromatic nitrogens is 2.